The normalized spacial score (nSPS) is 13.6. The first-order valence-electron chi connectivity index (χ1n) is 5.12. The number of nitrogens with one attached hydrogen (secondary N) is 1. The van der Waals surface area contributed by atoms with Crippen LogP contribution >= 0.6 is 11.8 Å². The number of carbonyl (C=O) groups excluding carboxylic acids is 1. The van der Waals surface area contributed by atoms with E-state index in [1.54, 1.807) is 4.68 Å². The molecule has 0 aromatic carbocycles. The van der Waals surface area contributed by atoms with E-state index in [9.17, 15) is 4.79 Å². The van der Waals surface area contributed by atoms with Gasteiger partial charge >= 0.3 is 0 Å². The van der Waals surface area contributed by atoms with Crippen molar-refractivity contribution in [1.82, 2.24) is 20.1 Å². The van der Waals surface area contributed by atoms with Crippen LogP contribution in [-0.2, 0) is 11.8 Å². The second-order valence-electron chi connectivity index (χ2n) is 4.67. The Balaban J connectivity index is 2.56. The SMILES string of the molecule is CC(Sc1ncnn1C)C(=O)NC(C)(C)C. The molecule has 0 aliphatic rings. The van der Waals surface area contributed by atoms with E-state index in [1.807, 2.05) is 34.7 Å². The quantitative estimate of drug-likeness (QED) is 0.809. The van der Waals surface area contributed by atoms with Crippen molar-refractivity contribution in [2.75, 3.05) is 0 Å². The molecule has 0 radical (unpaired) electrons. The van der Waals surface area contributed by atoms with Gasteiger partial charge in [0.25, 0.3) is 0 Å². The van der Waals surface area contributed by atoms with Gasteiger partial charge in [-0.15, -0.1) is 0 Å². The molecule has 16 heavy (non-hydrogen) atoms. The smallest absolute Gasteiger partial charge is 0.233 e. The molecule has 0 fully saturated rings. The molecule has 1 atom stereocenters. The summed E-state index contributed by atoms with van der Waals surface area (Å²) < 4.78 is 1.66. The van der Waals surface area contributed by atoms with Crippen molar-refractivity contribution in [3.63, 3.8) is 0 Å². The van der Waals surface area contributed by atoms with E-state index in [-0.39, 0.29) is 16.7 Å². The maximum Gasteiger partial charge on any atom is 0.233 e. The average Bonchev–Trinajstić information content (AvgIpc) is 2.49. The van der Waals surface area contributed by atoms with Gasteiger partial charge < -0.3 is 5.32 Å². The molecule has 0 saturated carbocycles. The lowest BCUT2D eigenvalue weighted by atomic mass is 10.1. The van der Waals surface area contributed by atoms with Gasteiger partial charge in [0.05, 0.1) is 5.25 Å². The highest BCUT2D eigenvalue weighted by Gasteiger charge is 2.21. The van der Waals surface area contributed by atoms with Gasteiger partial charge in [-0.25, -0.2) is 9.67 Å². The van der Waals surface area contributed by atoms with Crippen LogP contribution in [0.15, 0.2) is 11.5 Å². The third-order valence-electron chi connectivity index (χ3n) is 1.82. The highest BCUT2D eigenvalue weighted by Crippen LogP contribution is 2.20. The van der Waals surface area contributed by atoms with Crippen molar-refractivity contribution in [2.24, 2.45) is 7.05 Å². The molecule has 0 aliphatic carbocycles. The van der Waals surface area contributed by atoms with Crippen LogP contribution in [0.4, 0.5) is 0 Å². The maximum atomic E-state index is 11.8. The zero-order chi connectivity index (χ0) is 12.3. The monoisotopic (exact) mass is 242 g/mol. The number of aryl methyl sites for hydroxylation is 1. The molecule has 0 bridgehead atoms. The van der Waals surface area contributed by atoms with Gasteiger partial charge in [-0.05, 0) is 27.7 Å². The molecule has 5 nitrogen and oxygen atoms in total. The summed E-state index contributed by atoms with van der Waals surface area (Å²) in [6, 6.07) is 0. The Morgan fingerprint density at radius 3 is 2.62 bits per heavy atom. The molecular weight excluding hydrogens is 224 g/mol. The van der Waals surface area contributed by atoms with Gasteiger partial charge in [-0.3, -0.25) is 4.79 Å². The Hall–Kier alpha value is -1.04. The fraction of sp³-hybridized carbons (Fsp3) is 0.700. The van der Waals surface area contributed by atoms with Crippen molar-refractivity contribution < 1.29 is 4.79 Å². The molecule has 0 saturated heterocycles. The maximum absolute atomic E-state index is 11.8. The molecule has 1 aromatic rings. The molecule has 0 spiro atoms. The fourth-order valence-electron chi connectivity index (χ4n) is 1.08. The molecule has 1 N–H and O–H groups in total. The molecular formula is C10H18N4OS. The van der Waals surface area contributed by atoms with Gasteiger partial charge in [0.1, 0.15) is 6.33 Å². The number of hydrogen-bond acceptors (Lipinski definition) is 4. The van der Waals surface area contributed by atoms with E-state index >= 15 is 0 Å². The third-order valence-corrected chi connectivity index (χ3v) is 2.97. The number of carbonyl (C=O) groups is 1. The fourth-order valence-corrected chi connectivity index (χ4v) is 1.87. The van der Waals surface area contributed by atoms with E-state index in [2.05, 4.69) is 15.4 Å². The van der Waals surface area contributed by atoms with Gasteiger partial charge in [-0.1, -0.05) is 11.8 Å². The highest BCUT2D eigenvalue weighted by atomic mass is 32.2. The molecule has 0 aliphatic heterocycles. The number of hydrogen-bond donors (Lipinski definition) is 1. The second kappa shape index (κ2) is 4.86. The Morgan fingerprint density at radius 2 is 2.19 bits per heavy atom. The standard InChI is InChI=1S/C10H18N4OS/c1-7(8(15)13-10(2,3)4)16-9-11-6-12-14(9)5/h6-7H,1-5H3,(H,13,15). The first-order chi connectivity index (χ1) is 7.29. The van der Waals surface area contributed by atoms with E-state index < -0.39 is 0 Å². The van der Waals surface area contributed by atoms with Crippen LogP contribution in [0.5, 0.6) is 0 Å². The largest absolute Gasteiger partial charge is 0.351 e. The second-order valence-corrected chi connectivity index (χ2v) is 5.97. The Morgan fingerprint density at radius 1 is 1.56 bits per heavy atom. The van der Waals surface area contributed by atoms with Crippen LogP contribution in [0, 0.1) is 0 Å². The summed E-state index contributed by atoms with van der Waals surface area (Å²) in [5, 5.41) is 7.46. The molecule has 6 heteroatoms. The Labute approximate surface area is 100 Å². The topological polar surface area (TPSA) is 59.8 Å². The predicted octanol–water partition coefficient (Wildman–Crippen LogP) is 1.21. The Kier molecular flexibility index (Phi) is 3.96. The molecule has 90 valence electrons. The lowest BCUT2D eigenvalue weighted by Gasteiger charge is -2.22. The number of rotatable bonds is 3. The van der Waals surface area contributed by atoms with Gasteiger partial charge in [-0.2, -0.15) is 5.10 Å². The van der Waals surface area contributed by atoms with Crippen LogP contribution in [0.3, 0.4) is 0 Å². The van der Waals surface area contributed by atoms with Crippen LogP contribution in [0.2, 0.25) is 0 Å². The summed E-state index contributed by atoms with van der Waals surface area (Å²) in [6.07, 6.45) is 1.48. The molecule has 1 rings (SSSR count). The van der Waals surface area contributed by atoms with E-state index in [0.717, 1.165) is 5.16 Å². The number of amides is 1. The average molecular weight is 242 g/mol. The minimum absolute atomic E-state index is 0.0144. The van der Waals surface area contributed by atoms with Gasteiger partial charge in [0.15, 0.2) is 5.16 Å². The van der Waals surface area contributed by atoms with Crippen LogP contribution < -0.4 is 5.32 Å². The summed E-state index contributed by atoms with van der Waals surface area (Å²) in [6.45, 7) is 7.75. The third kappa shape index (κ3) is 3.84. The summed E-state index contributed by atoms with van der Waals surface area (Å²) >= 11 is 1.40. The van der Waals surface area contributed by atoms with Crippen molar-refractivity contribution in [3.05, 3.63) is 6.33 Å². The van der Waals surface area contributed by atoms with E-state index in [0.29, 0.717) is 0 Å². The predicted molar refractivity (Wildman–Crippen MR) is 64.2 cm³/mol. The van der Waals surface area contributed by atoms with Crippen molar-refractivity contribution in [2.45, 2.75) is 43.6 Å². The first kappa shape index (κ1) is 13.0. The summed E-state index contributed by atoms with van der Waals surface area (Å²) in [5.41, 5.74) is -0.203. The lowest BCUT2D eigenvalue weighted by Crippen LogP contribution is -2.44. The minimum atomic E-state index is -0.203. The zero-order valence-electron chi connectivity index (χ0n) is 10.3. The van der Waals surface area contributed by atoms with Crippen LogP contribution in [0.25, 0.3) is 0 Å². The van der Waals surface area contributed by atoms with Crippen molar-refractivity contribution in [1.29, 1.82) is 0 Å². The lowest BCUT2D eigenvalue weighted by molar-refractivity contribution is -0.121. The molecule has 1 heterocycles. The summed E-state index contributed by atoms with van der Waals surface area (Å²) in [5.74, 6) is 0.0144. The minimum Gasteiger partial charge on any atom is -0.351 e. The van der Waals surface area contributed by atoms with Gasteiger partial charge in [0.2, 0.25) is 5.91 Å². The van der Waals surface area contributed by atoms with Gasteiger partial charge in [0, 0.05) is 12.6 Å². The van der Waals surface area contributed by atoms with Crippen LogP contribution in [-0.4, -0.2) is 31.5 Å². The molecule has 1 unspecified atom stereocenters. The van der Waals surface area contributed by atoms with E-state index in [1.165, 1.54) is 18.1 Å². The molecule has 1 aromatic heterocycles. The van der Waals surface area contributed by atoms with Crippen LogP contribution in [0.1, 0.15) is 27.7 Å². The first-order valence-corrected chi connectivity index (χ1v) is 6.00. The van der Waals surface area contributed by atoms with Crippen molar-refractivity contribution in [3.8, 4) is 0 Å². The number of nitrogens with zero attached hydrogens (tertiary/aromatic N) is 3. The number of thioether (sulfide) groups is 1. The summed E-state index contributed by atoms with van der Waals surface area (Å²) in [7, 11) is 1.81. The van der Waals surface area contributed by atoms with E-state index in [4.69, 9.17) is 0 Å². The van der Waals surface area contributed by atoms with Crippen molar-refractivity contribution >= 4 is 17.7 Å². The molecule has 1 amide bonds. The summed E-state index contributed by atoms with van der Waals surface area (Å²) in [4.78, 5) is 15.9. The zero-order valence-corrected chi connectivity index (χ0v) is 11.1. The number of aromatic nitrogens is 3. The Bertz CT molecular complexity index is 369. The highest BCUT2D eigenvalue weighted by molar-refractivity contribution is 8.00.